The Labute approximate surface area is 124 Å². The molecule has 0 bridgehead atoms. The fourth-order valence-electron chi connectivity index (χ4n) is 2.01. The number of nitriles is 1. The van der Waals surface area contributed by atoms with Crippen molar-refractivity contribution in [2.45, 2.75) is 17.8 Å². The van der Waals surface area contributed by atoms with E-state index in [2.05, 4.69) is 24.3 Å². The average molecular weight is 283 g/mol. The van der Waals surface area contributed by atoms with Gasteiger partial charge < -0.3 is 5.11 Å². The number of aliphatic hydroxyl groups excluding tert-OH is 1. The molecule has 0 saturated heterocycles. The zero-order valence-corrected chi connectivity index (χ0v) is 12.0. The van der Waals surface area contributed by atoms with Crippen LogP contribution in [-0.2, 0) is 0 Å². The van der Waals surface area contributed by atoms with E-state index >= 15 is 0 Å². The maximum Gasteiger partial charge on any atom is 0.0760 e. The van der Waals surface area contributed by atoms with Gasteiger partial charge in [0.1, 0.15) is 0 Å². The fraction of sp³-hybridized carbons (Fsp3) is 0.235. The zero-order valence-electron chi connectivity index (χ0n) is 11.1. The molecule has 0 aliphatic rings. The van der Waals surface area contributed by atoms with E-state index < -0.39 is 6.10 Å². The van der Waals surface area contributed by atoms with Gasteiger partial charge in [0.15, 0.2) is 0 Å². The number of hydrogen-bond acceptors (Lipinski definition) is 3. The molecular formula is C17H17NOS. The summed E-state index contributed by atoms with van der Waals surface area (Å²) in [5, 5.41) is 18.6. The molecule has 1 atom stereocenters. The number of thioether (sulfide) groups is 1. The third-order valence-corrected chi connectivity index (χ3v) is 4.44. The van der Waals surface area contributed by atoms with E-state index in [1.54, 1.807) is 11.8 Å². The van der Waals surface area contributed by atoms with Crippen molar-refractivity contribution in [3.8, 4) is 6.07 Å². The molecule has 1 unspecified atom stereocenters. The number of rotatable bonds is 6. The highest BCUT2D eigenvalue weighted by Gasteiger charge is 2.16. The van der Waals surface area contributed by atoms with Crippen molar-refractivity contribution in [1.82, 2.24) is 0 Å². The summed E-state index contributed by atoms with van der Waals surface area (Å²) >= 11 is 1.67. The Hall–Kier alpha value is -1.76. The Balaban J connectivity index is 2.16. The molecular weight excluding hydrogens is 266 g/mol. The lowest BCUT2D eigenvalue weighted by molar-refractivity contribution is 0.205. The Bertz CT molecular complexity index is 511. The predicted molar refractivity (Wildman–Crippen MR) is 83.4 cm³/mol. The highest BCUT2D eigenvalue weighted by Crippen LogP contribution is 2.35. The van der Waals surface area contributed by atoms with Gasteiger partial charge in [-0.3, -0.25) is 0 Å². The quantitative estimate of drug-likeness (QED) is 0.877. The van der Waals surface area contributed by atoms with E-state index in [-0.39, 0.29) is 11.7 Å². The lowest BCUT2D eigenvalue weighted by Gasteiger charge is -2.19. The standard InChI is InChI=1S/C17H17NOS/c18-12-11-16(19)13-20-17(14-7-3-1-4-8-14)15-9-5-2-6-10-15/h1-10,16-17,19H,11,13H2. The van der Waals surface area contributed by atoms with Crippen LogP contribution in [0.1, 0.15) is 22.8 Å². The van der Waals surface area contributed by atoms with Crippen molar-refractivity contribution in [3.05, 3.63) is 71.8 Å². The maximum absolute atomic E-state index is 9.75. The lowest BCUT2D eigenvalue weighted by Crippen LogP contribution is -2.10. The number of aliphatic hydroxyl groups is 1. The Morgan fingerprint density at radius 2 is 1.45 bits per heavy atom. The van der Waals surface area contributed by atoms with Crippen LogP contribution in [0.2, 0.25) is 0 Å². The van der Waals surface area contributed by atoms with Crippen LogP contribution in [0.3, 0.4) is 0 Å². The number of benzene rings is 2. The minimum atomic E-state index is -0.570. The van der Waals surface area contributed by atoms with Crippen LogP contribution in [0.4, 0.5) is 0 Å². The van der Waals surface area contributed by atoms with Gasteiger partial charge in [-0.2, -0.15) is 5.26 Å². The summed E-state index contributed by atoms with van der Waals surface area (Å²) in [7, 11) is 0. The smallest absolute Gasteiger partial charge is 0.0760 e. The minimum Gasteiger partial charge on any atom is -0.391 e. The Morgan fingerprint density at radius 1 is 0.950 bits per heavy atom. The molecule has 0 aliphatic carbocycles. The van der Waals surface area contributed by atoms with Gasteiger partial charge >= 0.3 is 0 Å². The van der Waals surface area contributed by atoms with Gasteiger partial charge in [0.2, 0.25) is 0 Å². The average Bonchev–Trinajstić information content (AvgIpc) is 2.50. The summed E-state index contributed by atoms with van der Waals surface area (Å²) in [5.74, 6) is 0.558. The van der Waals surface area contributed by atoms with Crippen molar-refractivity contribution < 1.29 is 5.11 Å². The molecule has 0 radical (unpaired) electrons. The monoisotopic (exact) mass is 283 g/mol. The van der Waals surface area contributed by atoms with Crippen LogP contribution in [0.15, 0.2) is 60.7 Å². The Morgan fingerprint density at radius 3 is 1.90 bits per heavy atom. The van der Waals surface area contributed by atoms with Crippen LogP contribution in [0, 0.1) is 11.3 Å². The summed E-state index contributed by atoms with van der Waals surface area (Å²) < 4.78 is 0. The van der Waals surface area contributed by atoms with E-state index in [1.165, 1.54) is 11.1 Å². The topological polar surface area (TPSA) is 44.0 Å². The highest BCUT2D eigenvalue weighted by atomic mass is 32.2. The van der Waals surface area contributed by atoms with Crippen molar-refractivity contribution in [2.75, 3.05) is 5.75 Å². The first kappa shape index (κ1) is 14.6. The number of nitrogens with zero attached hydrogens (tertiary/aromatic N) is 1. The first-order valence-corrected chi connectivity index (χ1v) is 7.62. The summed E-state index contributed by atoms with van der Waals surface area (Å²) in [4.78, 5) is 0. The van der Waals surface area contributed by atoms with Crippen LogP contribution < -0.4 is 0 Å². The van der Waals surface area contributed by atoms with Gasteiger partial charge in [0.25, 0.3) is 0 Å². The van der Waals surface area contributed by atoms with Gasteiger partial charge in [0.05, 0.1) is 23.8 Å². The maximum atomic E-state index is 9.75. The zero-order chi connectivity index (χ0) is 14.2. The molecule has 0 heterocycles. The molecule has 0 fully saturated rings. The highest BCUT2D eigenvalue weighted by molar-refractivity contribution is 7.99. The molecule has 0 saturated carbocycles. The van der Waals surface area contributed by atoms with Gasteiger partial charge in [-0.1, -0.05) is 60.7 Å². The number of hydrogen-bond donors (Lipinski definition) is 1. The van der Waals surface area contributed by atoms with Crippen molar-refractivity contribution >= 4 is 11.8 Å². The second-order valence-electron chi connectivity index (χ2n) is 4.55. The first-order chi connectivity index (χ1) is 9.81. The molecule has 2 nitrogen and oxygen atoms in total. The molecule has 1 N–H and O–H groups in total. The predicted octanol–water partition coefficient (Wildman–Crippen LogP) is 3.78. The third kappa shape index (κ3) is 4.12. The molecule has 20 heavy (non-hydrogen) atoms. The van der Waals surface area contributed by atoms with Gasteiger partial charge in [-0.15, -0.1) is 11.8 Å². The van der Waals surface area contributed by atoms with Crippen LogP contribution in [0.25, 0.3) is 0 Å². The third-order valence-electron chi connectivity index (χ3n) is 2.99. The molecule has 2 rings (SSSR count). The molecule has 3 heteroatoms. The molecule has 0 aliphatic heterocycles. The molecule has 0 aromatic heterocycles. The summed E-state index contributed by atoms with van der Waals surface area (Å²) in [5.41, 5.74) is 2.43. The van der Waals surface area contributed by atoms with Crippen LogP contribution >= 0.6 is 11.8 Å². The van der Waals surface area contributed by atoms with Crippen LogP contribution in [0.5, 0.6) is 0 Å². The van der Waals surface area contributed by atoms with Gasteiger partial charge in [-0.05, 0) is 11.1 Å². The molecule has 2 aromatic carbocycles. The van der Waals surface area contributed by atoms with Crippen molar-refractivity contribution in [2.24, 2.45) is 0 Å². The van der Waals surface area contributed by atoms with E-state index in [1.807, 2.05) is 42.5 Å². The van der Waals surface area contributed by atoms with Gasteiger partial charge in [0, 0.05) is 5.75 Å². The van der Waals surface area contributed by atoms with E-state index in [0.29, 0.717) is 5.75 Å². The molecule has 2 aromatic rings. The molecule has 102 valence electrons. The van der Waals surface area contributed by atoms with Crippen molar-refractivity contribution in [3.63, 3.8) is 0 Å². The molecule has 0 amide bonds. The summed E-state index contributed by atoms with van der Waals surface area (Å²) in [6.07, 6.45) is -0.386. The van der Waals surface area contributed by atoms with E-state index in [0.717, 1.165) is 0 Å². The first-order valence-electron chi connectivity index (χ1n) is 6.57. The normalized spacial score (nSPS) is 12.1. The van der Waals surface area contributed by atoms with Crippen molar-refractivity contribution in [1.29, 1.82) is 5.26 Å². The second-order valence-corrected chi connectivity index (χ2v) is 5.69. The summed E-state index contributed by atoms with van der Waals surface area (Å²) in [6, 6.07) is 22.5. The fourth-order valence-corrected chi connectivity index (χ4v) is 3.24. The van der Waals surface area contributed by atoms with E-state index in [4.69, 9.17) is 5.26 Å². The van der Waals surface area contributed by atoms with Crippen LogP contribution in [-0.4, -0.2) is 17.0 Å². The molecule has 0 spiro atoms. The second kappa shape index (κ2) is 7.74. The van der Waals surface area contributed by atoms with Gasteiger partial charge in [-0.25, -0.2) is 0 Å². The summed E-state index contributed by atoms with van der Waals surface area (Å²) in [6.45, 7) is 0. The lowest BCUT2D eigenvalue weighted by atomic mass is 10.0. The largest absolute Gasteiger partial charge is 0.391 e. The Kier molecular flexibility index (Phi) is 5.67. The minimum absolute atomic E-state index is 0.184. The van der Waals surface area contributed by atoms with E-state index in [9.17, 15) is 5.11 Å². The SMILES string of the molecule is N#CCC(O)CSC(c1ccccc1)c1ccccc1.